The van der Waals surface area contributed by atoms with E-state index in [0.717, 1.165) is 11.1 Å². The van der Waals surface area contributed by atoms with Crippen LogP contribution in [-0.2, 0) is 4.79 Å². The van der Waals surface area contributed by atoms with Gasteiger partial charge in [-0.3, -0.25) is 4.79 Å². The summed E-state index contributed by atoms with van der Waals surface area (Å²) in [5, 5.41) is 3.72. The van der Waals surface area contributed by atoms with E-state index in [9.17, 15) is 4.79 Å². The van der Waals surface area contributed by atoms with E-state index in [1.165, 1.54) is 11.8 Å². The van der Waals surface area contributed by atoms with Crippen LogP contribution in [0.5, 0.6) is 0 Å². The number of para-hydroxylation sites is 1. The van der Waals surface area contributed by atoms with Crippen molar-refractivity contribution in [2.45, 2.75) is 12.2 Å². The van der Waals surface area contributed by atoms with Crippen LogP contribution in [0, 0.1) is 6.92 Å². The van der Waals surface area contributed by atoms with Gasteiger partial charge in [-0.1, -0.05) is 59.8 Å². The second-order valence-corrected chi connectivity index (χ2v) is 6.21. The van der Waals surface area contributed by atoms with Crippen molar-refractivity contribution in [2.75, 3.05) is 0 Å². The van der Waals surface area contributed by atoms with Crippen molar-refractivity contribution < 1.29 is 4.79 Å². The average molecular weight is 317 g/mol. The molecular weight excluding hydrogens is 304 g/mol. The number of rotatable bonds is 2. The summed E-state index contributed by atoms with van der Waals surface area (Å²) in [6, 6.07) is 15.2. The predicted octanol–water partition coefficient (Wildman–Crippen LogP) is 4.24. The standard InChI is InChI=1S/C16H13ClN2OS/c1-10-6-2-3-7-11(10)14-15(20)19-16(21-14)18-13-9-5-4-8-12(13)17/h2-9,14H,1H3,(H,18,19,20)/t14-/m1/s1. The Bertz CT molecular complexity index is 730. The molecule has 3 nitrogen and oxygen atoms in total. The van der Waals surface area contributed by atoms with Crippen LogP contribution < -0.4 is 5.32 Å². The number of aliphatic imine (C=N–C) groups is 1. The van der Waals surface area contributed by atoms with Crippen molar-refractivity contribution in [1.82, 2.24) is 5.32 Å². The van der Waals surface area contributed by atoms with Crippen molar-refractivity contribution in [1.29, 1.82) is 0 Å². The number of nitrogens with zero attached hydrogens (tertiary/aromatic N) is 1. The molecule has 1 saturated heterocycles. The molecule has 5 heteroatoms. The van der Waals surface area contributed by atoms with Gasteiger partial charge in [-0.05, 0) is 30.2 Å². The number of amides is 1. The highest BCUT2D eigenvalue weighted by Crippen LogP contribution is 2.37. The molecule has 1 N–H and O–H groups in total. The number of nitrogens with one attached hydrogen (secondary N) is 1. The highest BCUT2D eigenvalue weighted by atomic mass is 35.5. The number of carbonyl (C=O) groups excluding carboxylic acids is 1. The minimum absolute atomic E-state index is 0.0416. The quantitative estimate of drug-likeness (QED) is 0.900. The topological polar surface area (TPSA) is 41.5 Å². The maximum atomic E-state index is 12.2. The summed E-state index contributed by atoms with van der Waals surface area (Å²) >= 11 is 7.51. The van der Waals surface area contributed by atoms with Crippen molar-refractivity contribution in [3.05, 3.63) is 64.7 Å². The number of hydrogen-bond donors (Lipinski definition) is 1. The van der Waals surface area contributed by atoms with Crippen LogP contribution >= 0.6 is 23.4 Å². The van der Waals surface area contributed by atoms with Gasteiger partial charge in [-0.15, -0.1) is 0 Å². The lowest BCUT2D eigenvalue weighted by molar-refractivity contribution is -0.118. The average Bonchev–Trinajstić information content (AvgIpc) is 2.83. The molecule has 1 amide bonds. The Kier molecular flexibility index (Phi) is 3.99. The molecule has 21 heavy (non-hydrogen) atoms. The molecule has 1 fully saturated rings. The van der Waals surface area contributed by atoms with E-state index in [4.69, 9.17) is 11.6 Å². The number of amidine groups is 1. The van der Waals surface area contributed by atoms with E-state index in [1.54, 1.807) is 6.07 Å². The number of aryl methyl sites for hydroxylation is 1. The summed E-state index contributed by atoms with van der Waals surface area (Å²) in [6.07, 6.45) is 0. The molecule has 0 aliphatic carbocycles. The highest BCUT2D eigenvalue weighted by Gasteiger charge is 2.32. The Labute approximate surface area is 132 Å². The number of carbonyl (C=O) groups is 1. The lowest BCUT2D eigenvalue weighted by Crippen LogP contribution is -2.21. The molecular formula is C16H13ClN2OS. The summed E-state index contributed by atoms with van der Waals surface area (Å²) in [6.45, 7) is 2.01. The minimum atomic E-state index is -0.257. The molecule has 0 bridgehead atoms. The molecule has 0 unspecified atom stereocenters. The van der Waals surface area contributed by atoms with E-state index in [2.05, 4.69) is 10.3 Å². The van der Waals surface area contributed by atoms with E-state index in [0.29, 0.717) is 15.9 Å². The Morgan fingerprint density at radius 1 is 1.14 bits per heavy atom. The minimum Gasteiger partial charge on any atom is -0.304 e. The van der Waals surface area contributed by atoms with Gasteiger partial charge in [0.1, 0.15) is 5.25 Å². The molecule has 1 atom stereocenters. The summed E-state index contributed by atoms with van der Waals surface area (Å²) in [4.78, 5) is 16.6. The SMILES string of the molecule is Cc1ccccc1[C@H]1SC(=Nc2ccccc2Cl)NC1=O. The third kappa shape index (κ3) is 2.96. The smallest absolute Gasteiger partial charge is 0.244 e. The highest BCUT2D eigenvalue weighted by molar-refractivity contribution is 8.15. The second-order valence-electron chi connectivity index (χ2n) is 4.71. The number of hydrogen-bond acceptors (Lipinski definition) is 3. The zero-order valence-corrected chi connectivity index (χ0v) is 12.9. The largest absolute Gasteiger partial charge is 0.304 e. The molecule has 1 heterocycles. The fraction of sp³-hybridized carbons (Fsp3) is 0.125. The molecule has 1 aliphatic heterocycles. The molecule has 2 aromatic carbocycles. The van der Waals surface area contributed by atoms with Crippen LogP contribution in [0.1, 0.15) is 16.4 Å². The normalized spacial score (nSPS) is 19.8. The number of halogens is 1. The fourth-order valence-electron chi connectivity index (χ4n) is 2.16. The van der Waals surface area contributed by atoms with Gasteiger partial charge in [0, 0.05) is 0 Å². The van der Waals surface area contributed by atoms with Crippen LogP contribution in [0.2, 0.25) is 5.02 Å². The number of thioether (sulfide) groups is 1. The first-order valence-corrected chi connectivity index (χ1v) is 7.77. The maximum Gasteiger partial charge on any atom is 0.244 e. The van der Waals surface area contributed by atoms with E-state index < -0.39 is 0 Å². The molecule has 0 aromatic heterocycles. The maximum absolute atomic E-state index is 12.2. The van der Waals surface area contributed by atoms with Crippen molar-refractivity contribution in [2.24, 2.45) is 4.99 Å². The molecule has 0 radical (unpaired) electrons. The summed E-state index contributed by atoms with van der Waals surface area (Å²) in [7, 11) is 0. The third-order valence-corrected chi connectivity index (χ3v) is 4.68. The Hall–Kier alpha value is -1.78. The Balaban J connectivity index is 1.89. The second kappa shape index (κ2) is 5.92. The van der Waals surface area contributed by atoms with Gasteiger partial charge in [-0.2, -0.15) is 0 Å². The van der Waals surface area contributed by atoms with E-state index >= 15 is 0 Å². The molecule has 2 aromatic rings. The van der Waals surface area contributed by atoms with Crippen molar-refractivity contribution in [3.63, 3.8) is 0 Å². The van der Waals surface area contributed by atoms with Gasteiger partial charge in [0.2, 0.25) is 5.91 Å². The zero-order valence-electron chi connectivity index (χ0n) is 11.3. The molecule has 106 valence electrons. The summed E-state index contributed by atoms with van der Waals surface area (Å²) in [5.74, 6) is -0.0416. The lowest BCUT2D eigenvalue weighted by atomic mass is 10.1. The molecule has 3 rings (SSSR count). The van der Waals surface area contributed by atoms with Crippen LogP contribution in [-0.4, -0.2) is 11.1 Å². The summed E-state index contributed by atoms with van der Waals surface area (Å²) in [5.41, 5.74) is 2.78. The number of benzene rings is 2. The van der Waals surface area contributed by atoms with Gasteiger partial charge in [0.15, 0.2) is 5.17 Å². The predicted molar refractivity (Wildman–Crippen MR) is 88.2 cm³/mol. The monoisotopic (exact) mass is 316 g/mol. The first-order valence-electron chi connectivity index (χ1n) is 6.51. The molecule has 1 aliphatic rings. The zero-order chi connectivity index (χ0) is 14.8. The van der Waals surface area contributed by atoms with Crippen LogP contribution in [0.15, 0.2) is 53.5 Å². The van der Waals surface area contributed by atoms with Gasteiger partial charge in [0.25, 0.3) is 0 Å². The van der Waals surface area contributed by atoms with Crippen LogP contribution in [0.3, 0.4) is 0 Å². The van der Waals surface area contributed by atoms with Crippen molar-refractivity contribution >= 4 is 40.1 Å². The van der Waals surface area contributed by atoms with Gasteiger partial charge in [0.05, 0.1) is 10.7 Å². The third-order valence-electron chi connectivity index (χ3n) is 3.24. The summed E-state index contributed by atoms with van der Waals surface area (Å²) < 4.78 is 0. The van der Waals surface area contributed by atoms with Crippen LogP contribution in [0.4, 0.5) is 5.69 Å². The van der Waals surface area contributed by atoms with Gasteiger partial charge in [-0.25, -0.2) is 4.99 Å². The first-order chi connectivity index (χ1) is 10.1. The fourth-order valence-corrected chi connectivity index (χ4v) is 3.43. The van der Waals surface area contributed by atoms with Gasteiger partial charge >= 0.3 is 0 Å². The first kappa shape index (κ1) is 14.2. The Morgan fingerprint density at radius 3 is 2.62 bits per heavy atom. The van der Waals surface area contributed by atoms with Crippen LogP contribution in [0.25, 0.3) is 0 Å². The lowest BCUT2D eigenvalue weighted by Gasteiger charge is -2.08. The van der Waals surface area contributed by atoms with Gasteiger partial charge < -0.3 is 5.32 Å². The molecule has 0 saturated carbocycles. The van der Waals surface area contributed by atoms with E-state index in [1.807, 2.05) is 49.4 Å². The Morgan fingerprint density at radius 2 is 1.86 bits per heavy atom. The van der Waals surface area contributed by atoms with E-state index in [-0.39, 0.29) is 11.2 Å². The molecule has 0 spiro atoms. The van der Waals surface area contributed by atoms with Crippen molar-refractivity contribution in [3.8, 4) is 0 Å².